The zero-order chi connectivity index (χ0) is 22.2. The number of aromatic nitrogens is 2. The van der Waals surface area contributed by atoms with Crippen molar-refractivity contribution < 1.29 is 19.1 Å². The zero-order valence-electron chi connectivity index (χ0n) is 16.5. The average Bonchev–Trinajstić information content (AvgIpc) is 3.25. The lowest BCUT2D eigenvalue weighted by Gasteiger charge is -2.09. The Labute approximate surface area is 186 Å². The fourth-order valence-electron chi connectivity index (χ4n) is 2.30. The summed E-state index contributed by atoms with van der Waals surface area (Å²) in [7, 11) is 3.10. The molecule has 10 nitrogen and oxygen atoms in total. The van der Waals surface area contributed by atoms with Gasteiger partial charge in [0.15, 0.2) is 5.11 Å². The minimum absolute atomic E-state index is 0.0415. The second-order valence-electron chi connectivity index (χ2n) is 5.86. The highest BCUT2D eigenvalue weighted by molar-refractivity contribution is 7.80. The van der Waals surface area contributed by atoms with Crippen LogP contribution < -0.4 is 31.0 Å². The van der Waals surface area contributed by atoms with Gasteiger partial charge in [0.1, 0.15) is 11.5 Å². The van der Waals surface area contributed by atoms with Crippen LogP contribution in [0.3, 0.4) is 0 Å². The molecule has 12 heteroatoms. The molecule has 1 aromatic heterocycles. The van der Waals surface area contributed by atoms with Gasteiger partial charge in [0.05, 0.1) is 14.2 Å². The lowest BCUT2D eigenvalue weighted by Crippen LogP contribution is -2.41. The van der Waals surface area contributed by atoms with E-state index in [0.717, 1.165) is 11.3 Å². The van der Waals surface area contributed by atoms with Crippen molar-refractivity contribution in [1.82, 2.24) is 20.9 Å². The largest absolute Gasteiger partial charge is 0.497 e. The smallest absolute Gasteiger partial charge is 0.257 e. The van der Waals surface area contributed by atoms with E-state index in [2.05, 4.69) is 31.7 Å². The van der Waals surface area contributed by atoms with Crippen molar-refractivity contribution in [2.24, 2.45) is 0 Å². The van der Waals surface area contributed by atoms with E-state index in [4.69, 9.17) is 21.7 Å². The van der Waals surface area contributed by atoms with Crippen molar-refractivity contribution in [3.63, 3.8) is 0 Å². The quantitative estimate of drug-likeness (QED) is 0.312. The molecule has 3 rings (SSSR count). The van der Waals surface area contributed by atoms with Crippen LogP contribution in [-0.2, 0) is 0 Å². The minimum Gasteiger partial charge on any atom is -0.497 e. The Hall–Kier alpha value is -3.77. The van der Waals surface area contributed by atoms with Gasteiger partial charge in [-0.3, -0.25) is 31.1 Å². The molecule has 0 aliphatic heterocycles. The maximum atomic E-state index is 12.3. The Morgan fingerprint density at radius 1 is 0.839 bits per heavy atom. The molecule has 0 saturated heterocycles. The Morgan fingerprint density at radius 2 is 1.35 bits per heavy atom. The number of thiocarbonyl (C=S) groups is 1. The SMILES string of the molecule is COc1ccc(C(=O)NC(=S)NNc2nnc(NC(=O)c3ccc(OC)cc3)s2)cc1. The molecule has 160 valence electrons. The van der Waals surface area contributed by atoms with Crippen molar-refractivity contribution in [2.75, 3.05) is 25.0 Å². The minimum atomic E-state index is -0.383. The van der Waals surface area contributed by atoms with Gasteiger partial charge in [0.2, 0.25) is 10.3 Å². The van der Waals surface area contributed by atoms with E-state index in [1.807, 2.05) is 0 Å². The fraction of sp³-hybridized carbons (Fsp3) is 0.105. The van der Waals surface area contributed by atoms with Crippen LogP contribution >= 0.6 is 23.6 Å². The van der Waals surface area contributed by atoms with Crippen LogP contribution in [-0.4, -0.2) is 41.3 Å². The first kappa shape index (κ1) is 21.9. The van der Waals surface area contributed by atoms with E-state index in [9.17, 15) is 9.59 Å². The van der Waals surface area contributed by atoms with Crippen LogP contribution in [0.15, 0.2) is 48.5 Å². The van der Waals surface area contributed by atoms with E-state index >= 15 is 0 Å². The number of amides is 2. The normalized spacial score (nSPS) is 10.0. The van der Waals surface area contributed by atoms with E-state index in [-0.39, 0.29) is 16.9 Å². The molecular formula is C19H18N6O4S2. The van der Waals surface area contributed by atoms with Gasteiger partial charge in [-0.2, -0.15) is 0 Å². The van der Waals surface area contributed by atoms with Crippen LogP contribution in [0.5, 0.6) is 11.5 Å². The Balaban J connectivity index is 1.48. The summed E-state index contributed by atoms with van der Waals surface area (Å²) in [6.45, 7) is 0. The summed E-state index contributed by atoms with van der Waals surface area (Å²) in [5.74, 6) is 0.581. The Kier molecular flexibility index (Phi) is 7.30. The highest BCUT2D eigenvalue weighted by atomic mass is 32.1. The molecular weight excluding hydrogens is 440 g/mol. The second kappa shape index (κ2) is 10.3. The van der Waals surface area contributed by atoms with Crippen LogP contribution in [0.2, 0.25) is 0 Å². The molecule has 0 bridgehead atoms. The van der Waals surface area contributed by atoms with Crippen molar-refractivity contribution in [2.45, 2.75) is 0 Å². The molecule has 0 spiro atoms. The molecule has 0 unspecified atom stereocenters. The third-order valence-corrected chi connectivity index (χ3v) is 4.82. The first-order valence-corrected chi connectivity index (χ1v) is 10.0. The molecule has 31 heavy (non-hydrogen) atoms. The number of carbonyl (C=O) groups is 2. The number of benzene rings is 2. The van der Waals surface area contributed by atoms with Gasteiger partial charge in [-0.1, -0.05) is 11.3 Å². The molecule has 0 radical (unpaired) electrons. The van der Waals surface area contributed by atoms with Crippen LogP contribution in [0, 0.1) is 0 Å². The molecule has 0 atom stereocenters. The molecule has 0 aliphatic carbocycles. The third-order valence-electron chi connectivity index (χ3n) is 3.86. The van der Waals surface area contributed by atoms with Gasteiger partial charge in [-0.25, -0.2) is 0 Å². The molecule has 0 aliphatic rings. The lowest BCUT2D eigenvalue weighted by atomic mass is 10.2. The molecule has 3 aromatic rings. The molecule has 2 amide bonds. The van der Waals surface area contributed by atoms with Crippen molar-refractivity contribution in [3.8, 4) is 11.5 Å². The van der Waals surface area contributed by atoms with Gasteiger partial charge in [0.25, 0.3) is 11.8 Å². The maximum Gasteiger partial charge on any atom is 0.257 e. The first-order chi connectivity index (χ1) is 15.0. The standard InChI is InChI=1S/C19H18N6O4S2/c1-28-13-7-3-11(4-8-13)15(26)20-17(30)22-24-19-25-23-18(31-19)21-16(27)12-5-9-14(29-2)10-6-12/h3-10H,1-2H3,(H,24,25)(H,21,23,27)(H2,20,22,26,30). The van der Waals surface area contributed by atoms with E-state index in [0.29, 0.717) is 32.9 Å². The Morgan fingerprint density at radius 3 is 1.90 bits per heavy atom. The fourth-order valence-corrected chi connectivity index (χ4v) is 3.03. The molecule has 0 fully saturated rings. The lowest BCUT2D eigenvalue weighted by molar-refractivity contribution is 0.0975. The number of hydrogen-bond donors (Lipinski definition) is 4. The summed E-state index contributed by atoms with van der Waals surface area (Å²) in [6, 6.07) is 13.2. The zero-order valence-corrected chi connectivity index (χ0v) is 18.1. The van der Waals surface area contributed by atoms with Crippen molar-refractivity contribution >= 4 is 50.7 Å². The number of rotatable bonds is 7. The number of nitrogens with one attached hydrogen (secondary N) is 4. The molecule has 2 aromatic carbocycles. The molecule has 0 saturated carbocycles. The number of methoxy groups -OCH3 is 2. The number of ether oxygens (including phenoxy) is 2. The van der Waals surface area contributed by atoms with Crippen molar-refractivity contribution in [1.29, 1.82) is 0 Å². The molecule has 1 heterocycles. The van der Waals surface area contributed by atoms with Gasteiger partial charge >= 0.3 is 0 Å². The number of nitrogens with zero attached hydrogens (tertiary/aromatic N) is 2. The monoisotopic (exact) mass is 458 g/mol. The summed E-state index contributed by atoms with van der Waals surface area (Å²) in [5.41, 5.74) is 6.23. The van der Waals surface area contributed by atoms with Gasteiger partial charge in [-0.15, -0.1) is 10.2 Å². The summed E-state index contributed by atoms with van der Waals surface area (Å²) < 4.78 is 10.1. The summed E-state index contributed by atoms with van der Waals surface area (Å²) in [5, 5.41) is 13.6. The van der Waals surface area contributed by atoms with Gasteiger partial charge in [-0.05, 0) is 60.7 Å². The molecule has 4 N–H and O–H groups in total. The number of anilines is 2. The van der Waals surface area contributed by atoms with Crippen LogP contribution in [0.25, 0.3) is 0 Å². The van der Waals surface area contributed by atoms with Crippen LogP contribution in [0.1, 0.15) is 20.7 Å². The summed E-state index contributed by atoms with van der Waals surface area (Å²) in [6.07, 6.45) is 0. The second-order valence-corrected chi connectivity index (χ2v) is 7.24. The third kappa shape index (κ3) is 6.10. The predicted octanol–water partition coefficient (Wildman–Crippen LogP) is 2.44. The summed E-state index contributed by atoms with van der Waals surface area (Å²) in [4.78, 5) is 24.4. The van der Waals surface area contributed by atoms with E-state index in [1.165, 1.54) is 0 Å². The maximum absolute atomic E-state index is 12.3. The van der Waals surface area contributed by atoms with Gasteiger partial charge < -0.3 is 9.47 Å². The topological polar surface area (TPSA) is 127 Å². The number of hydrazine groups is 1. The van der Waals surface area contributed by atoms with E-state index in [1.54, 1.807) is 62.8 Å². The Bertz CT molecular complexity index is 1070. The highest BCUT2D eigenvalue weighted by Gasteiger charge is 2.12. The number of hydrogen-bond acceptors (Lipinski definition) is 9. The summed E-state index contributed by atoms with van der Waals surface area (Å²) >= 11 is 6.17. The predicted molar refractivity (Wildman–Crippen MR) is 121 cm³/mol. The first-order valence-electron chi connectivity index (χ1n) is 8.79. The van der Waals surface area contributed by atoms with Gasteiger partial charge in [0, 0.05) is 11.1 Å². The van der Waals surface area contributed by atoms with E-state index < -0.39 is 0 Å². The average molecular weight is 459 g/mol. The van der Waals surface area contributed by atoms with Crippen molar-refractivity contribution in [3.05, 3.63) is 59.7 Å². The highest BCUT2D eigenvalue weighted by Crippen LogP contribution is 2.20. The number of carbonyl (C=O) groups excluding carboxylic acids is 2. The van der Waals surface area contributed by atoms with Crippen LogP contribution in [0.4, 0.5) is 10.3 Å².